The molecule has 112 valence electrons. The second-order valence-electron chi connectivity index (χ2n) is 5.53. The van der Waals surface area contributed by atoms with Crippen LogP contribution in [0.4, 0.5) is 5.69 Å². The molecule has 4 nitrogen and oxygen atoms in total. The average molecular weight is 294 g/mol. The van der Waals surface area contributed by atoms with Crippen molar-refractivity contribution in [3.63, 3.8) is 0 Å². The summed E-state index contributed by atoms with van der Waals surface area (Å²) < 4.78 is 0. The Hall–Kier alpha value is -2.62. The van der Waals surface area contributed by atoms with Gasteiger partial charge in [-0.15, -0.1) is 0 Å². The van der Waals surface area contributed by atoms with Crippen LogP contribution in [0.1, 0.15) is 22.3 Å². The van der Waals surface area contributed by atoms with Gasteiger partial charge in [0.15, 0.2) is 0 Å². The molecule has 22 heavy (non-hydrogen) atoms. The summed E-state index contributed by atoms with van der Waals surface area (Å²) in [7, 11) is 0. The molecule has 1 heterocycles. The minimum Gasteiger partial charge on any atom is -0.347 e. The predicted molar refractivity (Wildman–Crippen MR) is 85.8 cm³/mol. The van der Waals surface area contributed by atoms with Crippen molar-refractivity contribution in [2.75, 3.05) is 11.4 Å². The zero-order chi connectivity index (χ0) is 15.5. The Morgan fingerprint density at radius 3 is 2.50 bits per heavy atom. The van der Waals surface area contributed by atoms with Gasteiger partial charge in [-0.3, -0.25) is 9.59 Å². The standard InChI is InChI=1S/C18H18N2O2/c1-13-7-5-6-10-16(13)18(22)19-14-11-17(21)20(12-14)15-8-3-2-4-9-15/h2-10,14H,11-12H2,1H3,(H,19,22). The topological polar surface area (TPSA) is 49.4 Å². The summed E-state index contributed by atoms with van der Waals surface area (Å²) in [5, 5.41) is 2.96. The molecule has 0 saturated carbocycles. The van der Waals surface area contributed by atoms with Gasteiger partial charge >= 0.3 is 0 Å². The van der Waals surface area contributed by atoms with Gasteiger partial charge in [0.25, 0.3) is 5.91 Å². The normalized spacial score (nSPS) is 17.6. The summed E-state index contributed by atoms with van der Waals surface area (Å²) in [6, 6.07) is 16.8. The number of carbonyl (C=O) groups excluding carboxylic acids is 2. The van der Waals surface area contributed by atoms with Crippen LogP contribution in [0.3, 0.4) is 0 Å². The molecule has 1 N–H and O–H groups in total. The first-order valence-corrected chi connectivity index (χ1v) is 7.37. The van der Waals surface area contributed by atoms with Gasteiger partial charge in [0.1, 0.15) is 0 Å². The molecule has 0 spiro atoms. The highest BCUT2D eigenvalue weighted by atomic mass is 16.2. The third-order valence-electron chi connectivity index (χ3n) is 3.92. The highest BCUT2D eigenvalue weighted by Crippen LogP contribution is 2.21. The first-order valence-electron chi connectivity index (χ1n) is 7.37. The molecule has 1 atom stereocenters. The summed E-state index contributed by atoms with van der Waals surface area (Å²) in [4.78, 5) is 26.2. The van der Waals surface area contributed by atoms with Crippen molar-refractivity contribution in [1.29, 1.82) is 0 Å². The maximum absolute atomic E-state index is 12.3. The average Bonchev–Trinajstić information content (AvgIpc) is 2.89. The maximum atomic E-state index is 12.3. The van der Waals surface area contributed by atoms with Crippen molar-refractivity contribution in [3.05, 3.63) is 65.7 Å². The number of hydrogen-bond donors (Lipinski definition) is 1. The lowest BCUT2D eigenvalue weighted by molar-refractivity contribution is -0.117. The molecule has 4 heteroatoms. The minimum absolute atomic E-state index is 0.0429. The summed E-state index contributed by atoms with van der Waals surface area (Å²) >= 11 is 0. The maximum Gasteiger partial charge on any atom is 0.251 e. The summed E-state index contributed by atoms with van der Waals surface area (Å²) in [5.74, 6) is -0.0768. The molecular formula is C18H18N2O2. The molecule has 0 bridgehead atoms. The lowest BCUT2D eigenvalue weighted by atomic mass is 10.1. The number of aryl methyl sites for hydroxylation is 1. The van der Waals surface area contributed by atoms with Crippen molar-refractivity contribution in [1.82, 2.24) is 5.32 Å². The quantitative estimate of drug-likeness (QED) is 0.945. The molecule has 1 unspecified atom stereocenters. The molecule has 1 aliphatic heterocycles. The molecule has 0 radical (unpaired) electrons. The molecular weight excluding hydrogens is 276 g/mol. The van der Waals surface area contributed by atoms with Crippen molar-refractivity contribution in [2.24, 2.45) is 0 Å². The van der Waals surface area contributed by atoms with Crippen molar-refractivity contribution in [2.45, 2.75) is 19.4 Å². The Morgan fingerprint density at radius 2 is 1.77 bits per heavy atom. The van der Waals surface area contributed by atoms with Crippen LogP contribution in [0.2, 0.25) is 0 Å². The van der Waals surface area contributed by atoms with Crippen molar-refractivity contribution in [3.8, 4) is 0 Å². The Balaban J connectivity index is 1.69. The Labute approximate surface area is 129 Å². The molecule has 2 amide bonds. The second kappa shape index (κ2) is 6.02. The van der Waals surface area contributed by atoms with E-state index in [4.69, 9.17) is 0 Å². The van der Waals surface area contributed by atoms with Gasteiger partial charge in [-0.05, 0) is 30.7 Å². The van der Waals surface area contributed by atoms with E-state index in [1.54, 1.807) is 11.0 Å². The van der Waals surface area contributed by atoms with Gasteiger partial charge < -0.3 is 10.2 Å². The Kier molecular flexibility index (Phi) is 3.92. The van der Waals surface area contributed by atoms with Gasteiger partial charge in [0.05, 0.1) is 6.04 Å². The van der Waals surface area contributed by atoms with E-state index in [0.29, 0.717) is 18.5 Å². The van der Waals surface area contributed by atoms with Gasteiger partial charge in [-0.25, -0.2) is 0 Å². The van der Waals surface area contributed by atoms with Crippen LogP contribution in [-0.2, 0) is 4.79 Å². The van der Waals surface area contributed by atoms with E-state index in [9.17, 15) is 9.59 Å². The molecule has 2 aromatic carbocycles. The van der Waals surface area contributed by atoms with Crippen LogP contribution >= 0.6 is 0 Å². The predicted octanol–water partition coefficient (Wildman–Crippen LogP) is 2.53. The zero-order valence-corrected chi connectivity index (χ0v) is 12.5. The number of benzene rings is 2. The first-order chi connectivity index (χ1) is 10.6. The summed E-state index contributed by atoms with van der Waals surface area (Å²) in [6.07, 6.45) is 0.340. The SMILES string of the molecule is Cc1ccccc1C(=O)NC1CC(=O)N(c2ccccc2)C1. The number of para-hydroxylation sites is 1. The van der Waals surface area contributed by atoms with Gasteiger partial charge in [-0.1, -0.05) is 36.4 Å². The van der Waals surface area contributed by atoms with Crippen molar-refractivity contribution >= 4 is 17.5 Å². The van der Waals surface area contributed by atoms with Gasteiger partial charge in [0, 0.05) is 24.2 Å². The van der Waals surface area contributed by atoms with Gasteiger partial charge in [-0.2, -0.15) is 0 Å². The van der Waals surface area contributed by atoms with E-state index in [1.807, 2.05) is 55.5 Å². The van der Waals surface area contributed by atoms with E-state index in [2.05, 4.69) is 5.32 Å². The summed E-state index contributed by atoms with van der Waals surface area (Å²) in [5.41, 5.74) is 2.47. The Morgan fingerprint density at radius 1 is 1.09 bits per heavy atom. The van der Waals surface area contributed by atoms with E-state index < -0.39 is 0 Å². The monoisotopic (exact) mass is 294 g/mol. The molecule has 2 aromatic rings. The highest BCUT2D eigenvalue weighted by molar-refractivity contribution is 5.99. The number of anilines is 1. The molecule has 1 aliphatic rings. The van der Waals surface area contributed by atoms with Crippen LogP contribution < -0.4 is 10.2 Å². The first kappa shape index (κ1) is 14.3. The lowest BCUT2D eigenvalue weighted by Crippen LogP contribution is -2.37. The lowest BCUT2D eigenvalue weighted by Gasteiger charge is -2.17. The van der Waals surface area contributed by atoms with Crippen LogP contribution in [0, 0.1) is 6.92 Å². The number of amides is 2. The number of rotatable bonds is 3. The molecule has 0 aliphatic carbocycles. The molecule has 1 fully saturated rings. The van der Waals surface area contributed by atoms with E-state index in [1.165, 1.54) is 0 Å². The largest absolute Gasteiger partial charge is 0.347 e. The number of nitrogens with one attached hydrogen (secondary N) is 1. The molecule has 0 aromatic heterocycles. The highest BCUT2D eigenvalue weighted by Gasteiger charge is 2.31. The fourth-order valence-electron chi connectivity index (χ4n) is 2.75. The van der Waals surface area contributed by atoms with Crippen LogP contribution in [0.15, 0.2) is 54.6 Å². The van der Waals surface area contributed by atoms with Gasteiger partial charge in [0.2, 0.25) is 5.91 Å². The van der Waals surface area contributed by atoms with Crippen molar-refractivity contribution < 1.29 is 9.59 Å². The third-order valence-corrected chi connectivity index (χ3v) is 3.92. The van der Waals surface area contributed by atoms with E-state index >= 15 is 0 Å². The fraction of sp³-hybridized carbons (Fsp3) is 0.222. The fourth-order valence-corrected chi connectivity index (χ4v) is 2.75. The molecule has 3 rings (SSSR count). The zero-order valence-electron chi connectivity index (χ0n) is 12.5. The van der Waals surface area contributed by atoms with Crippen LogP contribution in [0.5, 0.6) is 0 Å². The molecule has 1 saturated heterocycles. The Bertz CT molecular complexity index is 697. The second-order valence-corrected chi connectivity index (χ2v) is 5.53. The van der Waals surface area contributed by atoms with E-state index in [-0.39, 0.29) is 17.9 Å². The minimum atomic E-state index is -0.153. The third kappa shape index (κ3) is 2.86. The number of hydrogen-bond acceptors (Lipinski definition) is 2. The van der Waals surface area contributed by atoms with Crippen LogP contribution in [-0.4, -0.2) is 24.4 Å². The van der Waals surface area contributed by atoms with Crippen LogP contribution in [0.25, 0.3) is 0 Å². The summed E-state index contributed by atoms with van der Waals surface area (Å²) in [6.45, 7) is 2.42. The van der Waals surface area contributed by atoms with E-state index in [0.717, 1.165) is 11.3 Å². The number of carbonyl (C=O) groups is 2. The number of nitrogens with zero attached hydrogens (tertiary/aromatic N) is 1. The smallest absolute Gasteiger partial charge is 0.251 e.